The van der Waals surface area contributed by atoms with Crippen LogP contribution in [-0.4, -0.2) is 24.5 Å². The van der Waals surface area contributed by atoms with Gasteiger partial charge in [-0.15, -0.1) is 11.3 Å². The number of carbonyl (C=O) groups excluding carboxylic acids is 1. The van der Waals surface area contributed by atoms with Crippen molar-refractivity contribution in [2.24, 2.45) is 5.73 Å². The number of hydrogen-bond donors (Lipinski definition) is 2. The van der Waals surface area contributed by atoms with Gasteiger partial charge in [-0.05, 0) is 19.5 Å². The van der Waals surface area contributed by atoms with Gasteiger partial charge >= 0.3 is 0 Å². The highest BCUT2D eigenvalue weighted by molar-refractivity contribution is 7.09. The molecule has 2 rings (SSSR count). The summed E-state index contributed by atoms with van der Waals surface area (Å²) in [6.07, 6.45) is 0.694. The summed E-state index contributed by atoms with van der Waals surface area (Å²) in [5.74, 6) is 0.570. The lowest BCUT2D eigenvalue weighted by molar-refractivity contribution is 0.0935. The zero-order valence-electron chi connectivity index (χ0n) is 12.1. The highest BCUT2D eigenvalue weighted by Crippen LogP contribution is 2.24. The van der Waals surface area contributed by atoms with Crippen molar-refractivity contribution in [3.8, 4) is 5.75 Å². The van der Waals surface area contributed by atoms with E-state index in [4.69, 9.17) is 10.5 Å². The molecule has 3 N–H and O–H groups in total. The van der Waals surface area contributed by atoms with Crippen LogP contribution in [0.15, 0.2) is 29.6 Å². The van der Waals surface area contributed by atoms with Crippen LogP contribution < -0.4 is 15.8 Å². The van der Waals surface area contributed by atoms with Crippen LogP contribution >= 0.6 is 11.3 Å². The second kappa shape index (κ2) is 7.19. The van der Waals surface area contributed by atoms with Gasteiger partial charge in [-0.1, -0.05) is 18.2 Å². The van der Waals surface area contributed by atoms with Gasteiger partial charge in [0.15, 0.2) is 0 Å². The summed E-state index contributed by atoms with van der Waals surface area (Å²) in [7, 11) is 1.62. The first-order valence-corrected chi connectivity index (χ1v) is 7.62. The van der Waals surface area contributed by atoms with E-state index in [1.807, 2.05) is 31.2 Å². The molecule has 1 aromatic carbocycles. The second-order valence-electron chi connectivity index (χ2n) is 4.60. The maximum Gasteiger partial charge on any atom is 0.271 e. The lowest BCUT2D eigenvalue weighted by Crippen LogP contribution is -2.27. The van der Waals surface area contributed by atoms with Crippen LogP contribution in [0.4, 0.5) is 0 Å². The summed E-state index contributed by atoms with van der Waals surface area (Å²) in [4.78, 5) is 16.5. The molecule has 1 atom stereocenters. The molecule has 1 heterocycles. The van der Waals surface area contributed by atoms with E-state index in [0.29, 0.717) is 18.7 Å². The molecule has 1 unspecified atom stereocenters. The van der Waals surface area contributed by atoms with E-state index in [0.717, 1.165) is 16.3 Å². The molecule has 1 amide bonds. The lowest BCUT2D eigenvalue weighted by atomic mass is 10.1. The van der Waals surface area contributed by atoms with Gasteiger partial charge in [-0.3, -0.25) is 4.79 Å². The fourth-order valence-corrected chi connectivity index (χ4v) is 2.82. The molecule has 1 aromatic heterocycles. The minimum absolute atomic E-state index is 0.159. The summed E-state index contributed by atoms with van der Waals surface area (Å²) < 4.78 is 5.31. The highest BCUT2D eigenvalue weighted by atomic mass is 32.1. The van der Waals surface area contributed by atoms with Gasteiger partial charge in [0.1, 0.15) is 11.4 Å². The molecular formula is C15H19N3O2S. The van der Waals surface area contributed by atoms with Crippen LogP contribution in [0, 0.1) is 0 Å². The van der Waals surface area contributed by atoms with E-state index >= 15 is 0 Å². The van der Waals surface area contributed by atoms with E-state index in [1.165, 1.54) is 11.3 Å². The van der Waals surface area contributed by atoms with Crippen molar-refractivity contribution < 1.29 is 9.53 Å². The summed E-state index contributed by atoms with van der Waals surface area (Å²) in [6, 6.07) is 7.47. The quantitative estimate of drug-likeness (QED) is 0.857. The molecule has 0 saturated heterocycles. The summed E-state index contributed by atoms with van der Waals surface area (Å²) >= 11 is 1.46. The largest absolute Gasteiger partial charge is 0.496 e. The summed E-state index contributed by atoms with van der Waals surface area (Å²) in [5.41, 5.74) is 6.86. The number of thiazole rings is 1. The van der Waals surface area contributed by atoms with Crippen molar-refractivity contribution in [2.45, 2.75) is 19.4 Å². The van der Waals surface area contributed by atoms with Crippen LogP contribution in [0.2, 0.25) is 0 Å². The number of nitrogens with two attached hydrogens (primary N) is 1. The molecular weight excluding hydrogens is 286 g/mol. The number of para-hydroxylation sites is 1. The first kappa shape index (κ1) is 15.5. The Morgan fingerprint density at radius 3 is 2.95 bits per heavy atom. The first-order valence-electron chi connectivity index (χ1n) is 6.74. The Bertz CT molecular complexity index is 612. The number of aromatic nitrogens is 1. The Labute approximate surface area is 128 Å². The Balaban J connectivity index is 2.07. The van der Waals surface area contributed by atoms with E-state index in [1.54, 1.807) is 12.5 Å². The number of rotatable bonds is 6. The maximum atomic E-state index is 12.2. The predicted octanol–water partition coefficient (Wildman–Crippen LogP) is 2.14. The summed E-state index contributed by atoms with van der Waals surface area (Å²) in [5, 5.41) is 5.58. The monoisotopic (exact) mass is 305 g/mol. The molecule has 0 radical (unpaired) electrons. The van der Waals surface area contributed by atoms with Gasteiger partial charge in [-0.25, -0.2) is 4.98 Å². The van der Waals surface area contributed by atoms with Crippen LogP contribution in [0.25, 0.3) is 0 Å². The molecule has 2 aromatic rings. The SMILES string of the molecule is COc1ccccc1C(C)NC(=O)c1csc(CCN)n1. The third kappa shape index (κ3) is 3.80. The van der Waals surface area contributed by atoms with Crippen LogP contribution in [0.3, 0.4) is 0 Å². The standard InChI is InChI=1S/C15H19N3O2S/c1-10(11-5-3-4-6-13(11)20-2)17-15(19)12-9-21-14(18-12)7-8-16/h3-6,9-10H,7-8,16H2,1-2H3,(H,17,19). The molecule has 0 bridgehead atoms. The summed E-state index contributed by atoms with van der Waals surface area (Å²) in [6.45, 7) is 2.45. The smallest absolute Gasteiger partial charge is 0.271 e. The van der Waals surface area contributed by atoms with E-state index in [9.17, 15) is 4.79 Å². The van der Waals surface area contributed by atoms with Crippen molar-refractivity contribution in [1.82, 2.24) is 10.3 Å². The molecule has 6 heteroatoms. The van der Waals surface area contributed by atoms with Crippen LogP contribution in [0.5, 0.6) is 5.75 Å². The zero-order valence-corrected chi connectivity index (χ0v) is 12.9. The fraction of sp³-hybridized carbons (Fsp3) is 0.333. The normalized spacial score (nSPS) is 12.0. The molecule has 0 aliphatic heterocycles. The molecule has 0 saturated carbocycles. The van der Waals surface area contributed by atoms with Crippen molar-refractivity contribution in [3.63, 3.8) is 0 Å². The third-order valence-electron chi connectivity index (χ3n) is 3.10. The average Bonchev–Trinajstić information content (AvgIpc) is 2.96. The van der Waals surface area contributed by atoms with Gasteiger partial charge < -0.3 is 15.8 Å². The van der Waals surface area contributed by atoms with Gasteiger partial charge in [0.05, 0.1) is 18.2 Å². The fourth-order valence-electron chi connectivity index (χ4n) is 2.03. The third-order valence-corrected chi connectivity index (χ3v) is 4.00. The van der Waals surface area contributed by atoms with E-state index in [-0.39, 0.29) is 11.9 Å². The number of carbonyl (C=O) groups is 1. The van der Waals surface area contributed by atoms with Crippen LogP contribution in [0.1, 0.15) is 34.0 Å². The molecule has 5 nitrogen and oxygen atoms in total. The number of nitrogens with one attached hydrogen (secondary N) is 1. The molecule has 0 fully saturated rings. The number of methoxy groups -OCH3 is 1. The zero-order chi connectivity index (χ0) is 15.2. The van der Waals surface area contributed by atoms with E-state index in [2.05, 4.69) is 10.3 Å². The minimum atomic E-state index is -0.187. The Morgan fingerprint density at radius 2 is 2.24 bits per heavy atom. The number of benzene rings is 1. The van der Waals surface area contributed by atoms with Crippen molar-refractivity contribution in [3.05, 3.63) is 45.9 Å². The van der Waals surface area contributed by atoms with E-state index < -0.39 is 0 Å². The Hall–Kier alpha value is -1.92. The van der Waals surface area contributed by atoms with Gasteiger partial charge in [0.2, 0.25) is 0 Å². The number of ether oxygens (including phenoxy) is 1. The minimum Gasteiger partial charge on any atom is -0.496 e. The lowest BCUT2D eigenvalue weighted by Gasteiger charge is -2.16. The topological polar surface area (TPSA) is 77.2 Å². The molecule has 21 heavy (non-hydrogen) atoms. The van der Waals surface area contributed by atoms with Crippen LogP contribution in [-0.2, 0) is 6.42 Å². The Morgan fingerprint density at radius 1 is 1.48 bits per heavy atom. The number of amides is 1. The Kier molecular flexibility index (Phi) is 5.30. The molecule has 0 aliphatic rings. The van der Waals surface area contributed by atoms with Crippen molar-refractivity contribution in [2.75, 3.05) is 13.7 Å². The van der Waals surface area contributed by atoms with Crippen molar-refractivity contribution >= 4 is 17.2 Å². The van der Waals surface area contributed by atoms with Gasteiger partial charge in [0, 0.05) is 17.4 Å². The second-order valence-corrected chi connectivity index (χ2v) is 5.54. The van der Waals surface area contributed by atoms with Gasteiger partial charge in [-0.2, -0.15) is 0 Å². The molecule has 0 aliphatic carbocycles. The van der Waals surface area contributed by atoms with Crippen molar-refractivity contribution in [1.29, 1.82) is 0 Å². The number of nitrogens with zero attached hydrogens (tertiary/aromatic N) is 1. The highest BCUT2D eigenvalue weighted by Gasteiger charge is 2.16. The number of hydrogen-bond acceptors (Lipinski definition) is 5. The first-order chi connectivity index (χ1) is 10.2. The molecule has 112 valence electrons. The van der Waals surface area contributed by atoms with Gasteiger partial charge in [0.25, 0.3) is 5.91 Å². The average molecular weight is 305 g/mol. The molecule has 0 spiro atoms. The maximum absolute atomic E-state index is 12.2. The predicted molar refractivity (Wildman–Crippen MR) is 83.7 cm³/mol.